The van der Waals surface area contributed by atoms with Crippen LogP contribution in [0.3, 0.4) is 0 Å². The van der Waals surface area contributed by atoms with Crippen molar-refractivity contribution in [2.75, 3.05) is 13.1 Å². The van der Waals surface area contributed by atoms with Crippen LogP contribution in [0.1, 0.15) is 25.8 Å². The third kappa shape index (κ3) is 5.73. The van der Waals surface area contributed by atoms with Gasteiger partial charge in [0.05, 0.1) is 0 Å². The van der Waals surface area contributed by atoms with Crippen molar-refractivity contribution in [2.24, 2.45) is 0 Å². The lowest BCUT2D eigenvalue weighted by atomic mass is 10.2. The van der Waals surface area contributed by atoms with E-state index in [2.05, 4.69) is 24.5 Å². The van der Waals surface area contributed by atoms with Gasteiger partial charge in [-0.25, -0.2) is 0 Å². The molecule has 0 heterocycles. The van der Waals surface area contributed by atoms with Crippen LogP contribution in [0.4, 0.5) is 0 Å². The molecule has 0 saturated carbocycles. The highest BCUT2D eigenvalue weighted by Gasteiger charge is 2.03. The second-order valence-electron chi connectivity index (χ2n) is 4.34. The zero-order valence-corrected chi connectivity index (χ0v) is 11.9. The van der Waals surface area contributed by atoms with Crippen LogP contribution in [0.5, 0.6) is 0 Å². The van der Waals surface area contributed by atoms with Crippen LogP contribution in [-0.4, -0.2) is 19.1 Å². The first-order valence-electron chi connectivity index (χ1n) is 5.98. The van der Waals surface area contributed by atoms with Crippen molar-refractivity contribution in [3.8, 4) is 0 Å². The molecule has 4 heteroatoms. The smallest absolute Gasteiger partial charge is 0.0465 e. The van der Waals surface area contributed by atoms with Crippen molar-refractivity contribution in [1.82, 2.24) is 10.6 Å². The van der Waals surface area contributed by atoms with Gasteiger partial charge in [-0.2, -0.15) is 0 Å². The second-order valence-corrected chi connectivity index (χ2v) is 5.15. The van der Waals surface area contributed by atoms with E-state index in [4.69, 9.17) is 23.2 Å². The van der Waals surface area contributed by atoms with E-state index in [1.165, 1.54) is 0 Å². The Bertz CT molecular complexity index is 320. The van der Waals surface area contributed by atoms with Gasteiger partial charge in [-0.1, -0.05) is 43.1 Å². The van der Waals surface area contributed by atoms with Crippen LogP contribution in [0.15, 0.2) is 18.2 Å². The van der Waals surface area contributed by atoms with Gasteiger partial charge in [0.15, 0.2) is 0 Å². The molecule has 2 nitrogen and oxygen atoms in total. The maximum absolute atomic E-state index is 6.07. The highest BCUT2D eigenvalue weighted by molar-refractivity contribution is 6.35. The third-order valence-electron chi connectivity index (χ3n) is 2.45. The summed E-state index contributed by atoms with van der Waals surface area (Å²) in [4.78, 5) is 0. The molecule has 0 aromatic heterocycles. The first-order valence-corrected chi connectivity index (χ1v) is 6.74. The normalized spacial score (nSPS) is 11.1. The average molecular weight is 275 g/mol. The molecular formula is C13H20Cl2N2. The topological polar surface area (TPSA) is 24.1 Å². The van der Waals surface area contributed by atoms with Crippen molar-refractivity contribution in [3.63, 3.8) is 0 Å². The minimum Gasteiger partial charge on any atom is -0.314 e. The second kappa shape index (κ2) is 7.93. The van der Waals surface area contributed by atoms with Crippen molar-refractivity contribution in [1.29, 1.82) is 0 Å². The molecule has 0 amide bonds. The molecule has 1 aromatic carbocycles. The first-order chi connectivity index (χ1) is 8.11. The number of halogens is 2. The molecule has 0 aliphatic carbocycles. The fourth-order valence-electron chi connectivity index (χ4n) is 1.52. The highest BCUT2D eigenvalue weighted by Crippen LogP contribution is 2.23. The molecular weight excluding hydrogens is 255 g/mol. The summed E-state index contributed by atoms with van der Waals surface area (Å²) >= 11 is 12.1. The van der Waals surface area contributed by atoms with Crippen molar-refractivity contribution in [2.45, 2.75) is 32.9 Å². The van der Waals surface area contributed by atoms with Crippen LogP contribution < -0.4 is 10.6 Å². The molecule has 96 valence electrons. The molecule has 0 atom stereocenters. The van der Waals surface area contributed by atoms with Gasteiger partial charge in [0, 0.05) is 28.2 Å². The molecule has 0 spiro atoms. The van der Waals surface area contributed by atoms with Crippen molar-refractivity contribution >= 4 is 23.2 Å². The van der Waals surface area contributed by atoms with E-state index in [1.54, 1.807) is 0 Å². The highest BCUT2D eigenvalue weighted by atomic mass is 35.5. The summed E-state index contributed by atoms with van der Waals surface area (Å²) in [6.45, 7) is 7.01. The SMILES string of the molecule is CC(C)NCCCNCc1c(Cl)cccc1Cl. The van der Waals surface area contributed by atoms with Gasteiger partial charge in [0.1, 0.15) is 0 Å². The Balaban J connectivity index is 2.22. The molecule has 0 bridgehead atoms. The van der Waals surface area contributed by atoms with Gasteiger partial charge in [0.25, 0.3) is 0 Å². The number of nitrogens with one attached hydrogen (secondary N) is 2. The number of benzene rings is 1. The average Bonchev–Trinajstić information content (AvgIpc) is 2.26. The summed E-state index contributed by atoms with van der Waals surface area (Å²) in [6, 6.07) is 6.14. The predicted molar refractivity (Wildman–Crippen MR) is 75.9 cm³/mol. The van der Waals surface area contributed by atoms with Gasteiger partial charge in [-0.3, -0.25) is 0 Å². The van der Waals surface area contributed by atoms with Crippen molar-refractivity contribution < 1.29 is 0 Å². The minimum atomic E-state index is 0.549. The third-order valence-corrected chi connectivity index (χ3v) is 3.15. The lowest BCUT2D eigenvalue weighted by Gasteiger charge is -2.10. The molecule has 2 N–H and O–H groups in total. The van der Waals surface area contributed by atoms with Crippen molar-refractivity contribution in [3.05, 3.63) is 33.8 Å². The van der Waals surface area contributed by atoms with E-state index in [-0.39, 0.29) is 0 Å². The molecule has 1 aromatic rings. The monoisotopic (exact) mass is 274 g/mol. The summed E-state index contributed by atoms with van der Waals surface area (Å²) < 4.78 is 0. The molecule has 0 radical (unpaired) electrons. The Hall–Kier alpha value is -0.280. The molecule has 0 fully saturated rings. The van der Waals surface area contributed by atoms with E-state index in [0.29, 0.717) is 6.04 Å². The molecule has 0 unspecified atom stereocenters. The van der Waals surface area contributed by atoms with E-state index in [0.717, 1.165) is 41.7 Å². The zero-order chi connectivity index (χ0) is 12.7. The quantitative estimate of drug-likeness (QED) is 0.744. The van der Waals surface area contributed by atoms with Gasteiger partial charge in [-0.15, -0.1) is 0 Å². The van der Waals surface area contributed by atoms with E-state index in [9.17, 15) is 0 Å². The van der Waals surface area contributed by atoms with Gasteiger partial charge in [0.2, 0.25) is 0 Å². The summed E-state index contributed by atoms with van der Waals surface area (Å²) in [7, 11) is 0. The molecule has 17 heavy (non-hydrogen) atoms. The van der Waals surface area contributed by atoms with Crippen LogP contribution in [0.25, 0.3) is 0 Å². The lowest BCUT2D eigenvalue weighted by Crippen LogP contribution is -2.26. The Morgan fingerprint density at radius 1 is 1.12 bits per heavy atom. The summed E-state index contributed by atoms with van der Waals surface area (Å²) in [5.74, 6) is 0. The summed E-state index contributed by atoms with van der Waals surface area (Å²) in [6.07, 6.45) is 1.10. The summed E-state index contributed by atoms with van der Waals surface area (Å²) in [5.41, 5.74) is 0.979. The maximum Gasteiger partial charge on any atom is 0.0465 e. The molecule has 1 rings (SSSR count). The summed E-state index contributed by atoms with van der Waals surface area (Å²) in [5, 5.41) is 8.18. The predicted octanol–water partition coefficient (Wildman–Crippen LogP) is 3.47. The number of hydrogen-bond acceptors (Lipinski definition) is 2. The Labute approximate surface area is 114 Å². The lowest BCUT2D eigenvalue weighted by molar-refractivity contribution is 0.547. The van der Waals surface area contributed by atoms with Gasteiger partial charge in [-0.05, 0) is 31.6 Å². The molecule has 0 saturated heterocycles. The standard InChI is InChI=1S/C13H20Cl2N2/c1-10(2)17-8-4-7-16-9-11-12(14)5-3-6-13(11)15/h3,5-6,10,16-17H,4,7-9H2,1-2H3. The zero-order valence-electron chi connectivity index (χ0n) is 10.4. The molecule has 0 aliphatic heterocycles. The Morgan fingerprint density at radius 2 is 1.76 bits per heavy atom. The fourth-order valence-corrected chi connectivity index (χ4v) is 2.05. The first kappa shape index (κ1) is 14.8. The van der Waals surface area contributed by atoms with Gasteiger partial charge >= 0.3 is 0 Å². The van der Waals surface area contributed by atoms with Crippen LogP contribution in [-0.2, 0) is 6.54 Å². The maximum atomic E-state index is 6.07. The van der Waals surface area contributed by atoms with Crippen LogP contribution in [0.2, 0.25) is 10.0 Å². The van der Waals surface area contributed by atoms with Crippen LogP contribution in [0, 0.1) is 0 Å². The Kier molecular flexibility index (Phi) is 6.90. The Morgan fingerprint density at radius 3 is 2.35 bits per heavy atom. The largest absolute Gasteiger partial charge is 0.314 e. The van der Waals surface area contributed by atoms with Crippen LogP contribution >= 0.6 is 23.2 Å². The fraction of sp³-hybridized carbons (Fsp3) is 0.538. The van der Waals surface area contributed by atoms with E-state index in [1.807, 2.05) is 18.2 Å². The number of hydrogen-bond donors (Lipinski definition) is 2. The minimum absolute atomic E-state index is 0.549. The van der Waals surface area contributed by atoms with E-state index >= 15 is 0 Å². The van der Waals surface area contributed by atoms with E-state index < -0.39 is 0 Å². The number of rotatable bonds is 7. The van der Waals surface area contributed by atoms with Gasteiger partial charge < -0.3 is 10.6 Å². The molecule has 0 aliphatic rings.